The van der Waals surface area contributed by atoms with Crippen molar-refractivity contribution in [1.82, 2.24) is 0 Å². The molecule has 1 saturated carbocycles. The van der Waals surface area contributed by atoms with Gasteiger partial charge in [0, 0.05) is 5.56 Å². The first-order chi connectivity index (χ1) is 9.45. The summed E-state index contributed by atoms with van der Waals surface area (Å²) in [4.78, 5) is 0. The third kappa shape index (κ3) is 3.02. The lowest BCUT2D eigenvalue weighted by molar-refractivity contribution is -0.0894. The van der Waals surface area contributed by atoms with E-state index in [4.69, 9.17) is 26.7 Å². The van der Waals surface area contributed by atoms with Gasteiger partial charge in [0.1, 0.15) is 11.8 Å². The van der Waals surface area contributed by atoms with E-state index in [0.717, 1.165) is 43.9 Å². The van der Waals surface area contributed by atoms with Crippen molar-refractivity contribution in [2.75, 3.05) is 0 Å². The molecule has 3 nitrogen and oxygen atoms in total. The number of hydrogen-bond acceptors (Lipinski definition) is 3. The topological polar surface area (TPSA) is 53.2 Å². The van der Waals surface area contributed by atoms with E-state index in [-0.39, 0.29) is 16.9 Å². The fourth-order valence-corrected chi connectivity index (χ4v) is 2.39. The largest absolute Gasteiger partial charge is 0.489 e. The minimum atomic E-state index is -3.66. The molecule has 1 aromatic carbocycles. The number of aliphatic hydroxyl groups excluding tert-OH is 1. The van der Waals surface area contributed by atoms with Crippen molar-refractivity contribution in [3.05, 3.63) is 28.8 Å². The Hall–Kier alpha value is -1.38. The molecule has 1 fully saturated rings. The van der Waals surface area contributed by atoms with Gasteiger partial charge >= 0.3 is 5.92 Å². The lowest BCUT2D eigenvalue weighted by Crippen LogP contribution is -2.29. The van der Waals surface area contributed by atoms with Crippen LogP contribution in [0, 0.1) is 11.3 Å². The van der Waals surface area contributed by atoms with Crippen LogP contribution in [-0.2, 0) is 5.92 Å². The number of ether oxygens (including phenoxy) is 1. The van der Waals surface area contributed by atoms with Gasteiger partial charge in [-0.05, 0) is 37.8 Å². The summed E-state index contributed by atoms with van der Waals surface area (Å²) in [5, 5.41) is 17.8. The zero-order chi connectivity index (χ0) is 14.8. The van der Waals surface area contributed by atoms with Gasteiger partial charge in [-0.1, -0.05) is 17.7 Å². The van der Waals surface area contributed by atoms with Crippen LogP contribution in [0.3, 0.4) is 0 Å². The van der Waals surface area contributed by atoms with Gasteiger partial charge in [0.05, 0.1) is 11.1 Å². The fourth-order valence-electron chi connectivity index (χ4n) is 2.23. The Morgan fingerprint density at radius 1 is 1.40 bits per heavy atom. The summed E-state index contributed by atoms with van der Waals surface area (Å²) in [5.74, 6) is -3.49. The van der Waals surface area contributed by atoms with Crippen molar-refractivity contribution in [3.63, 3.8) is 0 Å². The molecule has 6 heteroatoms. The number of rotatable bonds is 4. The summed E-state index contributed by atoms with van der Waals surface area (Å²) in [6, 6.07) is 4.62. The molecule has 1 aliphatic rings. The second-order valence-corrected chi connectivity index (χ2v) is 5.23. The van der Waals surface area contributed by atoms with Crippen LogP contribution in [0.1, 0.15) is 31.2 Å². The van der Waals surface area contributed by atoms with Gasteiger partial charge in [-0.25, -0.2) is 0 Å². The van der Waals surface area contributed by atoms with Crippen molar-refractivity contribution >= 4 is 11.6 Å². The predicted octanol–water partition coefficient (Wildman–Crippen LogP) is 3.64. The zero-order valence-electron chi connectivity index (χ0n) is 10.7. The van der Waals surface area contributed by atoms with Crippen LogP contribution < -0.4 is 4.74 Å². The minimum Gasteiger partial charge on any atom is -0.489 e. The number of hydrogen-bond donors (Lipinski definition) is 1. The molecule has 2 rings (SSSR count). The molecule has 0 bridgehead atoms. The Bertz CT molecular complexity index is 524. The van der Waals surface area contributed by atoms with E-state index in [9.17, 15) is 8.78 Å². The summed E-state index contributed by atoms with van der Waals surface area (Å²) >= 11 is 5.94. The Morgan fingerprint density at radius 2 is 2.05 bits per heavy atom. The average Bonchev–Trinajstić information content (AvgIpc) is 2.93. The number of halogens is 3. The molecule has 1 aliphatic carbocycles. The Kier molecular flexibility index (Phi) is 4.46. The average molecular weight is 302 g/mol. The van der Waals surface area contributed by atoms with Crippen LogP contribution in [0.15, 0.2) is 18.2 Å². The lowest BCUT2D eigenvalue weighted by atomic mass is 10.0. The van der Waals surface area contributed by atoms with Crippen molar-refractivity contribution < 1.29 is 18.6 Å². The molecular weight excluding hydrogens is 288 g/mol. The van der Waals surface area contributed by atoms with Gasteiger partial charge in [-0.15, -0.1) is 0 Å². The maximum absolute atomic E-state index is 13.8. The third-order valence-electron chi connectivity index (χ3n) is 3.38. The van der Waals surface area contributed by atoms with Crippen molar-refractivity contribution in [2.45, 2.75) is 43.8 Å². The molecule has 1 N–H and O–H groups in total. The molecule has 0 radical (unpaired) electrons. The Morgan fingerprint density at radius 3 is 2.65 bits per heavy atom. The fraction of sp³-hybridized carbons (Fsp3) is 0.500. The molecule has 0 spiro atoms. The number of aliphatic hydroxyl groups is 1. The van der Waals surface area contributed by atoms with Gasteiger partial charge in [-0.2, -0.15) is 14.0 Å². The highest BCUT2D eigenvalue weighted by molar-refractivity contribution is 6.32. The van der Waals surface area contributed by atoms with Crippen LogP contribution in [0.5, 0.6) is 5.75 Å². The van der Waals surface area contributed by atoms with Crippen LogP contribution in [0.25, 0.3) is 0 Å². The molecule has 1 atom stereocenters. The Labute approximate surface area is 120 Å². The molecular formula is C14H14ClF2NO2. The lowest BCUT2D eigenvalue weighted by Gasteiger charge is -2.20. The van der Waals surface area contributed by atoms with Gasteiger partial charge < -0.3 is 9.84 Å². The number of nitriles is 1. The van der Waals surface area contributed by atoms with E-state index < -0.39 is 17.6 Å². The van der Waals surface area contributed by atoms with Gasteiger partial charge in [0.15, 0.2) is 0 Å². The Balaban J connectivity index is 2.26. The quantitative estimate of drug-likeness (QED) is 0.864. The summed E-state index contributed by atoms with van der Waals surface area (Å²) in [7, 11) is 0. The molecule has 0 aliphatic heterocycles. The zero-order valence-corrected chi connectivity index (χ0v) is 11.4. The first-order valence-electron chi connectivity index (χ1n) is 6.37. The molecule has 1 aromatic rings. The van der Waals surface area contributed by atoms with E-state index in [1.54, 1.807) is 0 Å². The van der Waals surface area contributed by atoms with E-state index in [0.29, 0.717) is 0 Å². The molecule has 0 amide bonds. The molecule has 0 aromatic heterocycles. The van der Waals surface area contributed by atoms with Crippen LogP contribution in [0.4, 0.5) is 8.78 Å². The van der Waals surface area contributed by atoms with Gasteiger partial charge in [0.25, 0.3) is 0 Å². The SMILES string of the molecule is N#CC(O)C(F)(F)c1ccc(Cl)c(OC2CCCC2)c1. The maximum atomic E-state index is 13.8. The number of nitrogens with zero attached hydrogens (tertiary/aromatic N) is 1. The molecule has 0 heterocycles. The minimum absolute atomic E-state index is 0.0164. The van der Waals surface area contributed by atoms with Crippen molar-refractivity contribution in [1.29, 1.82) is 5.26 Å². The molecule has 1 unspecified atom stereocenters. The second kappa shape index (κ2) is 5.94. The maximum Gasteiger partial charge on any atom is 0.311 e. The van der Waals surface area contributed by atoms with Gasteiger partial charge in [-0.3, -0.25) is 0 Å². The summed E-state index contributed by atoms with van der Waals surface area (Å²) in [6.45, 7) is 0. The van der Waals surface area contributed by atoms with E-state index >= 15 is 0 Å². The number of benzene rings is 1. The van der Waals surface area contributed by atoms with Gasteiger partial charge in [0.2, 0.25) is 6.10 Å². The molecule has 108 valence electrons. The van der Waals surface area contributed by atoms with E-state index in [1.807, 2.05) is 0 Å². The van der Waals surface area contributed by atoms with Crippen molar-refractivity contribution in [3.8, 4) is 11.8 Å². The summed E-state index contributed by atoms with van der Waals surface area (Å²) in [6.07, 6.45) is 1.42. The second-order valence-electron chi connectivity index (χ2n) is 4.82. The highest BCUT2D eigenvalue weighted by Crippen LogP contribution is 2.37. The third-order valence-corrected chi connectivity index (χ3v) is 3.69. The van der Waals surface area contributed by atoms with Crippen LogP contribution >= 0.6 is 11.6 Å². The first-order valence-corrected chi connectivity index (χ1v) is 6.75. The molecule has 20 heavy (non-hydrogen) atoms. The number of alkyl halides is 2. The smallest absolute Gasteiger partial charge is 0.311 e. The summed E-state index contributed by atoms with van der Waals surface area (Å²) < 4.78 is 33.2. The van der Waals surface area contributed by atoms with Crippen LogP contribution in [0.2, 0.25) is 5.02 Å². The first kappa shape index (κ1) is 15.0. The van der Waals surface area contributed by atoms with E-state index in [2.05, 4.69) is 0 Å². The molecule has 0 saturated heterocycles. The monoisotopic (exact) mass is 301 g/mol. The highest BCUT2D eigenvalue weighted by Gasteiger charge is 2.41. The van der Waals surface area contributed by atoms with Crippen LogP contribution in [-0.4, -0.2) is 17.3 Å². The predicted molar refractivity (Wildman–Crippen MR) is 69.8 cm³/mol. The highest BCUT2D eigenvalue weighted by atomic mass is 35.5. The standard InChI is InChI=1S/C14H14ClF2NO2/c15-11-6-5-9(14(16,17)13(19)8-18)7-12(11)20-10-3-1-2-4-10/h5-7,10,13,19H,1-4H2. The van der Waals surface area contributed by atoms with E-state index in [1.165, 1.54) is 6.07 Å². The summed E-state index contributed by atoms with van der Waals surface area (Å²) in [5.41, 5.74) is -0.482. The normalized spacial score (nSPS) is 17.8. The van der Waals surface area contributed by atoms with Crippen molar-refractivity contribution in [2.24, 2.45) is 0 Å².